The molecule has 1 rings (SSSR count). The highest BCUT2D eigenvalue weighted by atomic mass is 15.3. The van der Waals surface area contributed by atoms with Crippen LogP contribution in [0.25, 0.3) is 0 Å². The van der Waals surface area contributed by atoms with Crippen molar-refractivity contribution >= 4 is 0 Å². The first kappa shape index (κ1) is 12.2. The molecule has 15 heavy (non-hydrogen) atoms. The van der Waals surface area contributed by atoms with Crippen molar-refractivity contribution in [2.24, 2.45) is 5.92 Å². The predicted molar refractivity (Wildman–Crippen MR) is 63.9 cm³/mol. The highest BCUT2D eigenvalue weighted by molar-refractivity contribution is 5.04. The fraction of sp³-hybridized carbons (Fsp3) is 0.750. The molecular formula is C12H23N3. The molecule has 0 amide bonds. The van der Waals surface area contributed by atoms with E-state index < -0.39 is 0 Å². The lowest BCUT2D eigenvalue weighted by Gasteiger charge is -2.07. The van der Waals surface area contributed by atoms with Crippen LogP contribution < -0.4 is 5.32 Å². The highest BCUT2D eigenvalue weighted by Gasteiger charge is 2.01. The predicted octanol–water partition coefficient (Wildman–Crippen LogP) is 2.08. The standard InChI is InChI=1S/C12H23N3/c1-10(2)7-12-8-14-15(9-12)6-5-13-11(3)4/h8-11,13H,5-7H2,1-4H3. The topological polar surface area (TPSA) is 29.9 Å². The van der Waals surface area contributed by atoms with Gasteiger partial charge in [0.15, 0.2) is 0 Å². The van der Waals surface area contributed by atoms with Crippen molar-refractivity contribution in [3.63, 3.8) is 0 Å². The van der Waals surface area contributed by atoms with Gasteiger partial charge in [0.1, 0.15) is 0 Å². The molecule has 0 fully saturated rings. The third-order valence-corrected chi connectivity index (χ3v) is 2.22. The van der Waals surface area contributed by atoms with Crippen LogP contribution >= 0.6 is 0 Å². The summed E-state index contributed by atoms with van der Waals surface area (Å²) in [5.41, 5.74) is 1.34. The lowest BCUT2D eigenvalue weighted by molar-refractivity contribution is 0.515. The van der Waals surface area contributed by atoms with E-state index in [0.717, 1.165) is 19.5 Å². The third kappa shape index (κ3) is 4.98. The van der Waals surface area contributed by atoms with Crippen LogP contribution in [0.4, 0.5) is 0 Å². The molecule has 3 nitrogen and oxygen atoms in total. The Balaban J connectivity index is 2.33. The molecule has 1 N–H and O–H groups in total. The summed E-state index contributed by atoms with van der Waals surface area (Å²) in [6, 6.07) is 0.552. The second-order valence-electron chi connectivity index (χ2n) is 4.82. The molecular weight excluding hydrogens is 186 g/mol. The zero-order chi connectivity index (χ0) is 11.3. The molecule has 3 heteroatoms. The Bertz CT molecular complexity index is 276. The SMILES string of the molecule is CC(C)Cc1cnn(CCNC(C)C)c1. The molecule has 1 aromatic heterocycles. The number of nitrogens with zero attached hydrogens (tertiary/aromatic N) is 2. The molecule has 0 aromatic carbocycles. The van der Waals surface area contributed by atoms with Gasteiger partial charge in [0.25, 0.3) is 0 Å². The zero-order valence-corrected chi connectivity index (χ0v) is 10.3. The maximum absolute atomic E-state index is 4.34. The van der Waals surface area contributed by atoms with E-state index >= 15 is 0 Å². The first-order valence-electron chi connectivity index (χ1n) is 5.82. The van der Waals surface area contributed by atoms with E-state index in [-0.39, 0.29) is 0 Å². The number of hydrogen-bond acceptors (Lipinski definition) is 2. The minimum absolute atomic E-state index is 0.552. The average molecular weight is 209 g/mol. The van der Waals surface area contributed by atoms with Gasteiger partial charge in [-0.3, -0.25) is 4.68 Å². The largest absolute Gasteiger partial charge is 0.313 e. The molecule has 0 aliphatic heterocycles. The summed E-state index contributed by atoms with van der Waals surface area (Å²) in [5.74, 6) is 0.705. The van der Waals surface area contributed by atoms with Gasteiger partial charge >= 0.3 is 0 Å². The van der Waals surface area contributed by atoms with E-state index in [1.54, 1.807) is 0 Å². The molecule has 0 unspecified atom stereocenters. The van der Waals surface area contributed by atoms with Crippen molar-refractivity contribution < 1.29 is 0 Å². The van der Waals surface area contributed by atoms with Gasteiger partial charge in [0.2, 0.25) is 0 Å². The monoisotopic (exact) mass is 209 g/mol. The van der Waals surface area contributed by atoms with E-state index in [2.05, 4.69) is 44.3 Å². The molecule has 0 aliphatic rings. The van der Waals surface area contributed by atoms with Crippen LogP contribution in [0.15, 0.2) is 12.4 Å². The molecule has 1 aromatic rings. The van der Waals surface area contributed by atoms with Gasteiger partial charge in [-0.25, -0.2) is 0 Å². The number of aromatic nitrogens is 2. The van der Waals surface area contributed by atoms with Gasteiger partial charge < -0.3 is 5.32 Å². The van der Waals surface area contributed by atoms with Crippen LogP contribution in [-0.4, -0.2) is 22.4 Å². The van der Waals surface area contributed by atoms with Crippen LogP contribution in [0.2, 0.25) is 0 Å². The summed E-state index contributed by atoms with van der Waals surface area (Å²) in [6.45, 7) is 10.7. The Morgan fingerprint density at radius 3 is 2.67 bits per heavy atom. The van der Waals surface area contributed by atoms with Gasteiger partial charge in [-0.05, 0) is 17.9 Å². The molecule has 0 saturated heterocycles. The van der Waals surface area contributed by atoms with E-state index in [4.69, 9.17) is 0 Å². The fourth-order valence-corrected chi connectivity index (χ4v) is 1.57. The molecule has 0 atom stereocenters. The van der Waals surface area contributed by atoms with Gasteiger partial charge in [-0.15, -0.1) is 0 Å². The zero-order valence-electron chi connectivity index (χ0n) is 10.3. The fourth-order valence-electron chi connectivity index (χ4n) is 1.57. The summed E-state index contributed by atoms with van der Waals surface area (Å²) in [6.07, 6.45) is 5.26. The van der Waals surface area contributed by atoms with Crippen molar-refractivity contribution in [1.82, 2.24) is 15.1 Å². The van der Waals surface area contributed by atoms with Gasteiger partial charge in [0, 0.05) is 18.8 Å². The van der Waals surface area contributed by atoms with Crippen LogP contribution in [0.5, 0.6) is 0 Å². The van der Waals surface area contributed by atoms with Crippen LogP contribution in [0.1, 0.15) is 33.3 Å². The number of hydrogen-bond donors (Lipinski definition) is 1. The van der Waals surface area contributed by atoms with Crippen molar-refractivity contribution in [3.05, 3.63) is 18.0 Å². The minimum atomic E-state index is 0.552. The Hall–Kier alpha value is -0.830. The van der Waals surface area contributed by atoms with E-state index in [0.29, 0.717) is 12.0 Å². The second-order valence-corrected chi connectivity index (χ2v) is 4.82. The van der Waals surface area contributed by atoms with Crippen molar-refractivity contribution in [1.29, 1.82) is 0 Å². The third-order valence-electron chi connectivity index (χ3n) is 2.22. The lowest BCUT2D eigenvalue weighted by Crippen LogP contribution is -2.26. The number of rotatable bonds is 6. The van der Waals surface area contributed by atoms with Crippen molar-refractivity contribution in [2.75, 3.05) is 6.54 Å². The molecule has 0 aliphatic carbocycles. The minimum Gasteiger partial charge on any atom is -0.313 e. The maximum atomic E-state index is 4.34. The van der Waals surface area contributed by atoms with Gasteiger partial charge in [-0.1, -0.05) is 27.7 Å². The van der Waals surface area contributed by atoms with E-state index in [1.807, 2.05) is 10.9 Å². The van der Waals surface area contributed by atoms with Crippen molar-refractivity contribution in [3.8, 4) is 0 Å². The molecule has 86 valence electrons. The molecule has 1 heterocycles. The van der Waals surface area contributed by atoms with Crippen molar-refractivity contribution in [2.45, 2.75) is 46.7 Å². The summed E-state index contributed by atoms with van der Waals surface area (Å²) < 4.78 is 2.02. The summed E-state index contributed by atoms with van der Waals surface area (Å²) in [5, 5.41) is 7.73. The normalized spacial score (nSPS) is 11.6. The second kappa shape index (κ2) is 5.91. The van der Waals surface area contributed by atoms with Crippen LogP contribution in [-0.2, 0) is 13.0 Å². The molecule has 0 spiro atoms. The lowest BCUT2D eigenvalue weighted by atomic mass is 10.1. The van der Waals surface area contributed by atoms with Gasteiger partial charge in [0.05, 0.1) is 12.7 Å². The Morgan fingerprint density at radius 1 is 1.33 bits per heavy atom. The summed E-state index contributed by atoms with van der Waals surface area (Å²) in [7, 11) is 0. The van der Waals surface area contributed by atoms with Crippen LogP contribution in [0.3, 0.4) is 0 Å². The maximum Gasteiger partial charge on any atom is 0.0534 e. The Morgan fingerprint density at radius 2 is 2.07 bits per heavy atom. The van der Waals surface area contributed by atoms with E-state index in [1.165, 1.54) is 5.56 Å². The Kier molecular flexibility index (Phi) is 4.82. The smallest absolute Gasteiger partial charge is 0.0534 e. The highest BCUT2D eigenvalue weighted by Crippen LogP contribution is 2.06. The average Bonchev–Trinajstić information content (AvgIpc) is 2.50. The first-order valence-corrected chi connectivity index (χ1v) is 5.82. The van der Waals surface area contributed by atoms with Crippen LogP contribution in [0, 0.1) is 5.92 Å². The van der Waals surface area contributed by atoms with Gasteiger partial charge in [-0.2, -0.15) is 5.10 Å². The van der Waals surface area contributed by atoms with E-state index in [9.17, 15) is 0 Å². The number of nitrogens with one attached hydrogen (secondary N) is 1. The first-order chi connectivity index (χ1) is 7.08. The molecule has 0 saturated carbocycles. The molecule has 0 radical (unpaired) electrons. The quantitative estimate of drug-likeness (QED) is 0.777. The summed E-state index contributed by atoms with van der Waals surface area (Å²) in [4.78, 5) is 0. The summed E-state index contributed by atoms with van der Waals surface area (Å²) >= 11 is 0. The Labute approximate surface area is 92.9 Å². The molecule has 0 bridgehead atoms.